The molecule has 134 valence electrons. The van der Waals surface area contributed by atoms with E-state index >= 15 is 0 Å². The Hall–Kier alpha value is -2.16. The molecule has 9 nitrogen and oxygen atoms in total. The normalized spacial score (nSPS) is 16.1. The van der Waals surface area contributed by atoms with Crippen molar-refractivity contribution in [2.75, 3.05) is 39.3 Å². The van der Waals surface area contributed by atoms with Crippen LogP contribution in [0.25, 0.3) is 0 Å². The molecule has 1 aliphatic heterocycles. The van der Waals surface area contributed by atoms with Crippen LogP contribution in [0.3, 0.4) is 0 Å². The number of hydrogen-bond donors (Lipinski definition) is 1. The third kappa shape index (κ3) is 5.48. The number of carbonyl (C=O) groups is 2. The lowest BCUT2D eigenvalue weighted by Gasteiger charge is -2.35. The highest BCUT2D eigenvalue weighted by molar-refractivity contribution is 5.91. The van der Waals surface area contributed by atoms with E-state index in [0.717, 1.165) is 19.6 Å². The predicted octanol–water partition coefficient (Wildman–Crippen LogP) is 0.0976. The van der Waals surface area contributed by atoms with E-state index < -0.39 is 5.60 Å². The average molecular weight is 338 g/mol. The highest BCUT2D eigenvalue weighted by Gasteiger charge is 2.25. The predicted molar refractivity (Wildman–Crippen MR) is 87.6 cm³/mol. The van der Waals surface area contributed by atoms with Crippen LogP contribution in [0, 0.1) is 0 Å². The van der Waals surface area contributed by atoms with Crippen LogP contribution in [0.15, 0.2) is 6.20 Å². The van der Waals surface area contributed by atoms with E-state index in [4.69, 9.17) is 4.74 Å². The van der Waals surface area contributed by atoms with Gasteiger partial charge in [-0.1, -0.05) is 5.21 Å². The molecule has 1 saturated heterocycles. The number of nitrogens with zero attached hydrogens (tertiary/aromatic N) is 5. The molecule has 1 aliphatic rings. The van der Waals surface area contributed by atoms with E-state index in [-0.39, 0.29) is 12.0 Å². The van der Waals surface area contributed by atoms with E-state index in [0.29, 0.717) is 25.3 Å². The Kier molecular flexibility index (Phi) is 5.76. The highest BCUT2D eigenvalue weighted by Crippen LogP contribution is 2.11. The van der Waals surface area contributed by atoms with Gasteiger partial charge < -0.3 is 15.0 Å². The summed E-state index contributed by atoms with van der Waals surface area (Å²) in [7, 11) is 1.72. The quantitative estimate of drug-likeness (QED) is 0.837. The number of piperazine rings is 1. The standard InChI is InChI=1S/C15H26N6O3/c1-15(2,3)24-14(23)21-9-7-20(8-10-21)6-5-16-13(22)12-11-19(4)18-17-12/h11H,5-10H2,1-4H3,(H,16,22). The van der Waals surface area contributed by atoms with Crippen LogP contribution < -0.4 is 5.32 Å². The van der Waals surface area contributed by atoms with Gasteiger partial charge in [-0.25, -0.2) is 4.79 Å². The van der Waals surface area contributed by atoms with Crippen molar-refractivity contribution in [3.05, 3.63) is 11.9 Å². The number of rotatable bonds is 4. The SMILES string of the molecule is Cn1cc(C(=O)NCCN2CCN(C(=O)OC(C)(C)C)CC2)nn1. The summed E-state index contributed by atoms with van der Waals surface area (Å²) in [6, 6.07) is 0. The number of carbonyl (C=O) groups excluding carboxylic acids is 2. The summed E-state index contributed by atoms with van der Waals surface area (Å²) in [5.41, 5.74) is -0.161. The van der Waals surface area contributed by atoms with Gasteiger partial charge in [0.2, 0.25) is 0 Å². The third-order valence-corrected chi connectivity index (χ3v) is 3.57. The van der Waals surface area contributed by atoms with E-state index in [1.54, 1.807) is 18.1 Å². The molecule has 24 heavy (non-hydrogen) atoms. The monoisotopic (exact) mass is 338 g/mol. The van der Waals surface area contributed by atoms with Gasteiger partial charge in [-0.15, -0.1) is 5.10 Å². The third-order valence-electron chi connectivity index (χ3n) is 3.57. The molecule has 0 radical (unpaired) electrons. The lowest BCUT2D eigenvalue weighted by molar-refractivity contribution is 0.0147. The Morgan fingerprint density at radius 3 is 2.46 bits per heavy atom. The summed E-state index contributed by atoms with van der Waals surface area (Å²) in [4.78, 5) is 27.8. The van der Waals surface area contributed by atoms with Crippen molar-refractivity contribution in [1.29, 1.82) is 0 Å². The largest absolute Gasteiger partial charge is 0.444 e. The van der Waals surface area contributed by atoms with Crippen molar-refractivity contribution in [3.8, 4) is 0 Å². The topological polar surface area (TPSA) is 92.6 Å². The summed E-state index contributed by atoms with van der Waals surface area (Å²) in [6.45, 7) is 9.64. The molecule has 1 fully saturated rings. The number of ether oxygens (including phenoxy) is 1. The molecule has 2 amide bonds. The zero-order valence-electron chi connectivity index (χ0n) is 14.8. The number of hydrogen-bond acceptors (Lipinski definition) is 6. The van der Waals surface area contributed by atoms with Crippen molar-refractivity contribution in [2.45, 2.75) is 26.4 Å². The Morgan fingerprint density at radius 2 is 1.92 bits per heavy atom. The number of aryl methyl sites for hydroxylation is 1. The second-order valence-electron chi connectivity index (χ2n) is 6.84. The Bertz CT molecular complexity index is 572. The van der Waals surface area contributed by atoms with Crippen LogP contribution in [0.1, 0.15) is 31.3 Å². The molecule has 0 aliphatic carbocycles. The molecule has 9 heteroatoms. The smallest absolute Gasteiger partial charge is 0.410 e. The maximum absolute atomic E-state index is 12.0. The van der Waals surface area contributed by atoms with Crippen LogP contribution in [0.4, 0.5) is 4.79 Å². The minimum atomic E-state index is -0.473. The summed E-state index contributed by atoms with van der Waals surface area (Å²) in [6.07, 6.45) is 1.31. The molecule has 0 spiro atoms. The van der Waals surface area contributed by atoms with Gasteiger partial charge in [0.15, 0.2) is 5.69 Å². The molecule has 1 aromatic rings. The van der Waals surface area contributed by atoms with Gasteiger partial charge in [-0.2, -0.15) is 0 Å². The summed E-state index contributed by atoms with van der Waals surface area (Å²) >= 11 is 0. The fourth-order valence-electron chi connectivity index (χ4n) is 2.35. The first-order chi connectivity index (χ1) is 11.2. The molecule has 0 bridgehead atoms. The molecule has 0 saturated carbocycles. The highest BCUT2D eigenvalue weighted by atomic mass is 16.6. The van der Waals surface area contributed by atoms with Gasteiger partial charge >= 0.3 is 6.09 Å². The van der Waals surface area contributed by atoms with Crippen LogP contribution in [0.5, 0.6) is 0 Å². The van der Waals surface area contributed by atoms with Gasteiger partial charge in [0.05, 0.1) is 6.20 Å². The van der Waals surface area contributed by atoms with Crippen molar-refractivity contribution >= 4 is 12.0 Å². The molecule has 2 rings (SSSR count). The summed E-state index contributed by atoms with van der Waals surface area (Å²) in [5.74, 6) is -0.226. The van der Waals surface area contributed by atoms with Gasteiger partial charge in [0, 0.05) is 46.3 Å². The average Bonchev–Trinajstić information content (AvgIpc) is 2.93. The molecule has 1 aromatic heterocycles. The van der Waals surface area contributed by atoms with E-state index in [1.807, 2.05) is 20.8 Å². The summed E-state index contributed by atoms with van der Waals surface area (Å²) < 4.78 is 6.86. The number of aromatic nitrogens is 3. The van der Waals surface area contributed by atoms with Crippen molar-refractivity contribution in [3.63, 3.8) is 0 Å². The first kappa shape index (κ1) is 18.2. The summed E-state index contributed by atoms with van der Waals surface area (Å²) in [5, 5.41) is 10.3. The van der Waals surface area contributed by atoms with E-state index in [2.05, 4.69) is 20.5 Å². The van der Waals surface area contributed by atoms with Crippen molar-refractivity contribution in [2.24, 2.45) is 7.05 Å². The molecule has 0 atom stereocenters. The molecule has 0 unspecified atom stereocenters. The van der Waals surface area contributed by atoms with Crippen LogP contribution in [0.2, 0.25) is 0 Å². The maximum Gasteiger partial charge on any atom is 0.410 e. The molecule has 0 aromatic carbocycles. The fraction of sp³-hybridized carbons (Fsp3) is 0.733. The van der Waals surface area contributed by atoms with Crippen molar-refractivity contribution < 1.29 is 14.3 Å². The second kappa shape index (κ2) is 7.61. The molecular formula is C15H26N6O3. The second-order valence-corrected chi connectivity index (χ2v) is 6.84. The lowest BCUT2D eigenvalue weighted by atomic mass is 10.2. The van der Waals surface area contributed by atoms with Gasteiger partial charge in [0.25, 0.3) is 5.91 Å². The van der Waals surface area contributed by atoms with Crippen molar-refractivity contribution in [1.82, 2.24) is 30.1 Å². The van der Waals surface area contributed by atoms with Gasteiger partial charge in [0.1, 0.15) is 5.60 Å². The van der Waals surface area contributed by atoms with Crippen LogP contribution in [-0.2, 0) is 11.8 Å². The number of amides is 2. The van der Waals surface area contributed by atoms with Gasteiger partial charge in [-0.3, -0.25) is 14.4 Å². The van der Waals surface area contributed by atoms with Crippen LogP contribution >= 0.6 is 0 Å². The van der Waals surface area contributed by atoms with E-state index in [9.17, 15) is 9.59 Å². The Balaban J connectivity index is 1.66. The lowest BCUT2D eigenvalue weighted by Crippen LogP contribution is -2.51. The zero-order chi connectivity index (χ0) is 17.7. The Labute approximate surface area is 141 Å². The number of nitrogens with one attached hydrogen (secondary N) is 1. The molecule has 1 N–H and O–H groups in total. The minimum Gasteiger partial charge on any atom is -0.444 e. The first-order valence-corrected chi connectivity index (χ1v) is 8.09. The van der Waals surface area contributed by atoms with Crippen LogP contribution in [-0.4, -0.2) is 81.7 Å². The first-order valence-electron chi connectivity index (χ1n) is 8.09. The van der Waals surface area contributed by atoms with Gasteiger partial charge in [-0.05, 0) is 20.8 Å². The maximum atomic E-state index is 12.0. The van der Waals surface area contributed by atoms with E-state index in [1.165, 1.54) is 4.68 Å². The minimum absolute atomic E-state index is 0.226. The molecular weight excluding hydrogens is 312 g/mol. The molecule has 2 heterocycles. The zero-order valence-corrected chi connectivity index (χ0v) is 14.8. The Morgan fingerprint density at radius 1 is 1.25 bits per heavy atom. The fourth-order valence-corrected chi connectivity index (χ4v) is 2.35.